The summed E-state index contributed by atoms with van der Waals surface area (Å²) in [5.74, 6) is -0.535. The zero-order valence-electron chi connectivity index (χ0n) is 11.6. The number of carbonyl (C=O) groups excluding carboxylic acids is 1. The topological polar surface area (TPSA) is 91.1 Å². The van der Waals surface area contributed by atoms with Gasteiger partial charge in [-0.25, -0.2) is 9.78 Å². The lowest BCUT2D eigenvalue weighted by Crippen LogP contribution is -2.56. The lowest BCUT2D eigenvalue weighted by atomic mass is 10.1. The molecule has 10 heteroatoms. The van der Waals surface area contributed by atoms with Gasteiger partial charge in [-0.05, 0) is 6.07 Å². The summed E-state index contributed by atoms with van der Waals surface area (Å²) < 4.78 is 43.1. The van der Waals surface area contributed by atoms with Gasteiger partial charge in [0.2, 0.25) is 5.88 Å². The molecule has 1 amide bonds. The maximum absolute atomic E-state index is 12.6. The Labute approximate surface area is 127 Å². The normalized spacial score (nSPS) is 15.3. The largest absolute Gasteiger partial charge is 0.471 e. The number of aromatic nitrogens is 3. The molecule has 2 N–H and O–H groups in total. The zero-order valence-corrected chi connectivity index (χ0v) is 11.6. The minimum absolute atomic E-state index is 0.116. The first-order valence-electron chi connectivity index (χ1n) is 6.60. The summed E-state index contributed by atoms with van der Waals surface area (Å²) in [7, 11) is 0. The number of amides is 1. The van der Waals surface area contributed by atoms with Crippen LogP contribution in [0.4, 0.5) is 13.2 Å². The van der Waals surface area contributed by atoms with Crippen LogP contribution in [0.3, 0.4) is 0 Å². The lowest BCUT2D eigenvalue weighted by molar-refractivity contribution is -0.137. The molecule has 122 valence electrons. The van der Waals surface area contributed by atoms with Crippen LogP contribution in [0.5, 0.6) is 5.88 Å². The van der Waals surface area contributed by atoms with Crippen LogP contribution in [0.1, 0.15) is 16.1 Å². The number of likely N-dealkylation sites (tertiary alicyclic amines) is 1. The Kier molecular flexibility index (Phi) is 3.58. The molecule has 1 aliphatic heterocycles. The number of hydrogen-bond donors (Lipinski definition) is 2. The van der Waals surface area contributed by atoms with Crippen molar-refractivity contribution in [3.05, 3.63) is 46.3 Å². The molecular formula is C13H11F3N4O3. The number of halogens is 3. The zero-order chi connectivity index (χ0) is 16.6. The quantitative estimate of drug-likeness (QED) is 0.880. The highest BCUT2D eigenvalue weighted by Crippen LogP contribution is 2.31. The summed E-state index contributed by atoms with van der Waals surface area (Å²) >= 11 is 0. The predicted octanol–water partition coefficient (Wildman–Crippen LogP) is 1.02. The van der Waals surface area contributed by atoms with Crippen LogP contribution < -0.4 is 10.4 Å². The van der Waals surface area contributed by atoms with Gasteiger partial charge in [0.05, 0.1) is 18.7 Å². The molecule has 0 atom stereocenters. The Morgan fingerprint density at radius 2 is 2.13 bits per heavy atom. The van der Waals surface area contributed by atoms with Gasteiger partial charge in [-0.1, -0.05) is 0 Å². The summed E-state index contributed by atoms with van der Waals surface area (Å²) in [6.45, 7) is 0.397. The number of pyridine rings is 1. The number of nitrogens with zero attached hydrogens (tertiary/aromatic N) is 2. The van der Waals surface area contributed by atoms with Crippen LogP contribution in [0, 0.1) is 0 Å². The molecule has 1 aliphatic rings. The van der Waals surface area contributed by atoms with E-state index in [0.717, 1.165) is 18.3 Å². The number of nitrogens with one attached hydrogen (secondary N) is 2. The third-order valence-corrected chi connectivity index (χ3v) is 3.31. The van der Waals surface area contributed by atoms with E-state index in [9.17, 15) is 22.8 Å². The molecule has 2 aromatic heterocycles. The van der Waals surface area contributed by atoms with E-state index in [1.807, 2.05) is 0 Å². The molecule has 0 unspecified atom stereocenters. The van der Waals surface area contributed by atoms with Crippen LogP contribution >= 0.6 is 0 Å². The number of aromatic amines is 2. The van der Waals surface area contributed by atoms with E-state index in [1.54, 1.807) is 0 Å². The van der Waals surface area contributed by atoms with Gasteiger partial charge in [0.15, 0.2) is 0 Å². The number of carbonyl (C=O) groups is 1. The molecule has 3 heterocycles. The Bertz CT molecular complexity index is 777. The van der Waals surface area contributed by atoms with Crippen molar-refractivity contribution in [1.29, 1.82) is 0 Å². The van der Waals surface area contributed by atoms with Gasteiger partial charge < -0.3 is 19.6 Å². The Balaban J connectivity index is 1.58. The van der Waals surface area contributed by atoms with Crippen LogP contribution in [0.25, 0.3) is 0 Å². The van der Waals surface area contributed by atoms with Crippen molar-refractivity contribution < 1.29 is 22.7 Å². The van der Waals surface area contributed by atoms with Crippen LogP contribution in [-0.2, 0) is 6.18 Å². The third kappa shape index (κ3) is 3.20. The summed E-state index contributed by atoms with van der Waals surface area (Å²) in [6.07, 6.45) is -2.64. The second-order valence-corrected chi connectivity index (χ2v) is 4.99. The van der Waals surface area contributed by atoms with Crippen molar-refractivity contribution in [3.63, 3.8) is 0 Å². The summed E-state index contributed by atoms with van der Waals surface area (Å²) in [5.41, 5.74) is -1.22. The minimum Gasteiger partial charge on any atom is -0.471 e. The number of hydrogen-bond acceptors (Lipinski definition) is 4. The number of alkyl halides is 3. The summed E-state index contributed by atoms with van der Waals surface area (Å²) in [6, 6.07) is 1.67. The molecule has 1 saturated heterocycles. The van der Waals surface area contributed by atoms with E-state index in [4.69, 9.17) is 4.74 Å². The van der Waals surface area contributed by atoms with Crippen molar-refractivity contribution in [1.82, 2.24) is 19.9 Å². The fourth-order valence-corrected chi connectivity index (χ4v) is 2.12. The second-order valence-electron chi connectivity index (χ2n) is 4.99. The molecule has 1 fully saturated rings. The van der Waals surface area contributed by atoms with E-state index in [-0.39, 0.29) is 30.6 Å². The Morgan fingerprint density at radius 1 is 1.39 bits per heavy atom. The van der Waals surface area contributed by atoms with Gasteiger partial charge in [-0.2, -0.15) is 13.2 Å². The standard InChI is InChI=1S/C13H11F3N4O3/c14-13(15,16)7-1-2-17-10(3-7)23-8-5-20(6-8)11(21)9-4-18-12(22)19-9/h1-4,8H,5-6H2,(H2,18,19,22). The van der Waals surface area contributed by atoms with Crippen molar-refractivity contribution in [2.75, 3.05) is 13.1 Å². The van der Waals surface area contributed by atoms with Crippen LogP contribution in [0.15, 0.2) is 29.3 Å². The summed E-state index contributed by atoms with van der Waals surface area (Å²) in [4.78, 5) is 32.7. The number of ether oxygens (including phenoxy) is 1. The van der Waals surface area contributed by atoms with Crippen molar-refractivity contribution in [2.24, 2.45) is 0 Å². The number of H-pyrrole nitrogens is 2. The molecule has 7 nitrogen and oxygen atoms in total. The highest BCUT2D eigenvalue weighted by Gasteiger charge is 2.35. The average Bonchev–Trinajstić information content (AvgIpc) is 2.88. The van der Waals surface area contributed by atoms with Gasteiger partial charge in [-0.3, -0.25) is 4.79 Å². The maximum atomic E-state index is 12.6. The highest BCUT2D eigenvalue weighted by atomic mass is 19.4. The molecule has 0 bridgehead atoms. The second kappa shape index (κ2) is 5.45. The van der Waals surface area contributed by atoms with Crippen LogP contribution in [0.2, 0.25) is 0 Å². The SMILES string of the molecule is O=C(c1c[nH]c(=O)[nH]1)N1CC(Oc2cc(C(F)(F)F)ccn2)C1. The first-order chi connectivity index (χ1) is 10.8. The average molecular weight is 328 g/mol. The van der Waals surface area contributed by atoms with Gasteiger partial charge in [-0.15, -0.1) is 0 Å². The first kappa shape index (κ1) is 15.1. The smallest absolute Gasteiger partial charge is 0.416 e. The van der Waals surface area contributed by atoms with Crippen molar-refractivity contribution in [3.8, 4) is 5.88 Å². The molecular weight excluding hydrogens is 317 g/mol. The minimum atomic E-state index is -4.47. The molecule has 0 aliphatic carbocycles. The molecule has 0 saturated carbocycles. The van der Waals surface area contributed by atoms with E-state index in [2.05, 4.69) is 15.0 Å². The monoisotopic (exact) mass is 328 g/mol. The molecule has 0 radical (unpaired) electrons. The van der Waals surface area contributed by atoms with Crippen LogP contribution in [-0.4, -0.2) is 45.0 Å². The number of rotatable bonds is 3. The lowest BCUT2D eigenvalue weighted by Gasteiger charge is -2.38. The van der Waals surface area contributed by atoms with E-state index in [0.29, 0.717) is 0 Å². The van der Waals surface area contributed by atoms with Crippen molar-refractivity contribution >= 4 is 5.91 Å². The van der Waals surface area contributed by atoms with Gasteiger partial charge >= 0.3 is 11.9 Å². The molecule has 0 aromatic carbocycles. The van der Waals surface area contributed by atoms with Crippen molar-refractivity contribution in [2.45, 2.75) is 12.3 Å². The maximum Gasteiger partial charge on any atom is 0.416 e. The molecule has 0 spiro atoms. The third-order valence-electron chi connectivity index (χ3n) is 3.31. The fraction of sp³-hybridized carbons (Fsp3) is 0.308. The van der Waals surface area contributed by atoms with E-state index < -0.39 is 23.5 Å². The Morgan fingerprint density at radius 3 is 2.74 bits per heavy atom. The van der Waals surface area contributed by atoms with Gasteiger partial charge in [0, 0.05) is 18.5 Å². The molecule has 23 heavy (non-hydrogen) atoms. The Hall–Kier alpha value is -2.78. The molecule has 3 rings (SSSR count). The predicted molar refractivity (Wildman–Crippen MR) is 71.0 cm³/mol. The van der Waals surface area contributed by atoms with Gasteiger partial charge in [0.1, 0.15) is 11.8 Å². The summed E-state index contributed by atoms with van der Waals surface area (Å²) in [5, 5.41) is 0. The van der Waals surface area contributed by atoms with Gasteiger partial charge in [0.25, 0.3) is 5.91 Å². The van der Waals surface area contributed by atoms with E-state index >= 15 is 0 Å². The molecule has 2 aromatic rings. The highest BCUT2D eigenvalue weighted by molar-refractivity contribution is 5.92. The number of imidazole rings is 1. The fourth-order valence-electron chi connectivity index (χ4n) is 2.12. The first-order valence-corrected chi connectivity index (χ1v) is 6.60. The van der Waals surface area contributed by atoms with E-state index in [1.165, 1.54) is 11.1 Å².